The zero-order valence-corrected chi connectivity index (χ0v) is 11.8. The first-order valence-electron chi connectivity index (χ1n) is 7.11. The summed E-state index contributed by atoms with van der Waals surface area (Å²) in [6.07, 6.45) is 3.80. The topological polar surface area (TPSA) is 78.7 Å². The summed E-state index contributed by atoms with van der Waals surface area (Å²) in [5.74, 6) is 1.22. The molecule has 0 amide bonds. The second kappa shape index (κ2) is 5.49. The summed E-state index contributed by atoms with van der Waals surface area (Å²) >= 11 is 0. The van der Waals surface area contributed by atoms with Gasteiger partial charge in [-0.15, -0.1) is 0 Å². The lowest BCUT2D eigenvalue weighted by Crippen LogP contribution is -2.34. The van der Waals surface area contributed by atoms with E-state index in [9.17, 15) is 4.79 Å². The van der Waals surface area contributed by atoms with Gasteiger partial charge in [0.05, 0.1) is 17.1 Å². The fourth-order valence-electron chi connectivity index (χ4n) is 2.76. The van der Waals surface area contributed by atoms with E-state index in [-0.39, 0.29) is 6.04 Å². The number of fused-ring (bicyclic) bond motifs is 1. The van der Waals surface area contributed by atoms with E-state index in [0.29, 0.717) is 36.1 Å². The monoisotopic (exact) mass is 280 g/mol. The van der Waals surface area contributed by atoms with Crippen molar-refractivity contribution in [3.8, 4) is 6.07 Å². The van der Waals surface area contributed by atoms with Crippen molar-refractivity contribution in [3.63, 3.8) is 0 Å². The molecule has 0 bridgehead atoms. The van der Waals surface area contributed by atoms with Gasteiger partial charge in [-0.1, -0.05) is 6.92 Å². The maximum Gasteiger partial charge on any atom is 0.223 e. The van der Waals surface area contributed by atoms with Crippen molar-refractivity contribution in [2.75, 3.05) is 5.32 Å². The minimum absolute atomic E-state index is 0.235. The van der Waals surface area contributed by atoms with E-state index in [1.165, 1.54) is 0 Å². The van der Waals surface area contributed by atoms with Crippen LogP contribution in [-0.4, -0.2) is 21.8 Å². The van der Waals surface area contributed by atoms with Crippen molar-refractivity contribution in [1.82, 2.24) is 9.97 Å². The third-order valence-corrected chi connectivity index (χ3v) is 3.99. The maximum atomic E-state index is 11.4. The Morgan fingerprint density at radius 3 is 3.05 bits per heavy atom. The molecule has 0 radical (unpaired) electrons. The predicted octanol–water partition coefficient (Wildman–Crippen LogP) is 2.67. The van der Waals surface area contributed by atoms with Crippen molar-refractivity contribution in [2.24, 2.45) is 5.92 Å². The fraction of sp³-hybridized carbons (Fsp3) is 0.375. The highest BCUT2D eigenvalue weighted by Gasteiger charge is 2.26. The molecule has 5 heteroatoms. The Morgan fingerprint density at radius 2 is 2.29 bits per heavy atom. The molecular weight excluding hydrogens is 264 g/mol. The van der Waals surface area contributed by atoms with E-state index >= 15 is 0 Å². The first-order chi connectivity index (χ1) is 10.2. The molecule has 0 spiro atoms. The molecule has 0 aliphatic heterocycles. The third-order valence-electron chi connectivity index (χ3n) is 3.99. The largest absolute Gasteiger partial charge is 0.351 e. The van der Waals surface area contributed by atoms with Gasteiger partial charge in [0.25, 0.3) is 0 Å². The summed E-state index contributed by atoms with van der Waals surface area (Å²) in [6, 6.07) is 7.70. The standard InChI is InChI=1S/C16H16N4O/c1-10-6-13(21)3-5-14(10)19-16-18-9-12-7-11(8-17)2-4-15(12)20-16/h2,4,7,9-10,14H,3,5-6H2,1H3,(H,18,19,20)/t10-,14-/m1/s1. The second-order valence-corrected chi connectivity index (χ2v) is 5.59. The van der Waals surface area contributed by atoms with Gasteiger partial charge in [0.2, 0.25) is 5.95 Å². The Labute approximate surface area is 123 Å². The van der Waals surface area contributed by atoms with Crippen molar-refractivity contribution in [3.05, 3.63) is 30.0 Å². The lowest BCUT2D eigenvalue weighted by molar-refractivity contribution is -0.121. The number of carbonyl (C=O) groups excluding carboxylic acids is 1. The summed E-state index contributed by atoms with van der Waals surface area (Å²) < 4.78 is 0. The van der Waals surface area contributed by atoms with Crippen LogP contribution in [0.15, 0.2) is 24.4 Å². The van der Waals surface area contributed by atoms with Gasteiger partial charge in [0.15, 0.2) is 0 Å². The second-order valence-electron chi connectivity index (χ2n) is 5.59. The number of nitriles is 1. The fourth-order valence-corrected chi connectivity index (χ4v) is 2.76. The SMILES string of the molecule is C[C@@H]1CC(=O)CC[C@H]1Nc1ncc2cc(C#N)ccc2n1. The highest BCUT2D eigenvalue weighted by atomic mass is 16.1. The predicted molar refractivity (Wildman–Crippen MR) is 79.7 cm³/mol. The van der Waals surface area contributed by atoms with Crippen LogP contribution in [-0.2, 0) is 4.79 Å². The van der Waals surface area contributed by atoms with Gasteiger partial charge in [-0.3, -0.25) is 4.79 Å². The molecule has 0 saturated heterocycles. The summed E-state index contributed by atoms with van der Waals surface area (Å²) in [5.41, 5.74) is 1.41. The van der Waals surface area contributed by atoms with E-state index < -0.39 is 0 Å². The molecular formula is C16H16N4O. The zero-order chi connectivity index (χ0) is 14.8. The highest BCUT2D eigenvalue weighted by molar-refractivity contribution is 5.81. The van der Waals surface area contributed by atoms with Gasteiger partial charge in [-0.05, 0) is 30.5 Å². The Morgan fingerprint density at radius 1 is 1.43 bits per heavy atom. The molecule has 3 rings (SSSR count). The Bertz CT molecular complexity index is 735. The summed E-state index contributed by atoms with van der Waals surface area (Å²) in [4.78, 5) is 20.2. The number of ketones is 1. The third kappa shape index (κ3) is 2.84. The minimum Gasteiger partial charge on any atom is -0.351 e. The number of benzene rings is 1. The molecule has 21 heavy (non-hydrogen) atoms. The number of nitrogens with zero attached hydrogens (tertiary/aromatic N) is 3. The molecule has 2 atom stereocenters. The first kappa shape index (κ1) is 13.5. The van der Waals surface area contributed by atoms with Crippen molar-refractivity contribution >= 4 is 22.6 Å². The molecule has 106 valence electrons. The molecule has 1 fully saturated rings. The molecule has 0 unspecified atom stereocenters. The van der Waals surface area contributed by atoms with Crippen molar-refractivity contribution in [2.45, 2.75) is 32.2 Å². The summed E-state index contributed by atoms with van der Waals surface area (Å²) in [7, 11) is 0. The van der Waals surface area contributed by atoms with Crippen LogP contribution in [0.3, 0.4) is 0 Å². The van der Waals surface area contributed by atoms with Gasteiger partial charge >= 0.3 is 0 Å². The highest BCUT2D eigenvalue weighted by Crippen LogP contribution is 2.24. The average Bonchev–Trinajstić information content (AvgIpc) is 2.49. The van der Waals surface area contributed by atoms with E-state index in [1.807, 2.05) is 6.07 Å². The van der Waals surface area contributed by atoms with Crippen LogP contribution >= 0.6 is 0 Å². The summed E-state index contributed by atoms with van der Waals surface area (Å²) in [6.45, 7) is 2.08. The quantitative estimate of drug-likeness (QED) is 0.915. The van der Waals surface area contributed by atoms with Crippen LogP contribution in [0.25, 0.3) is 10.9 Å². The number of carbonyl (C=O) groups is 1. The van der Waals surface area contributed by atoms with Crippen LogP contribution < -0.4 is 5.32 Å². The lowest BCUT2D eigenvalue weighted by atomic mass is 9.85. The van der Waals surface area contributed by atoms with Gasteiger partial charge in [-0.25, -0.2) is 9.97 Å². The van der Waals surface area contributed by atoms with Crippen LogP contribution in [0.4, 0.5) is 5.95 Å². The lowest BCUT2D eigenvalue weighted by Gasteiger charge is -2.28. The number of Topliss-reactive ketones (excluding diaryl/α,β-unsaturated/α-hetero) is 1. The van der Waals surface area contributed by atoms with Gasteiger partial charge < -0.3 is 5.32 Å². The normalized spacial score (nSPS) is 22.0. The number of rotatable bonds is 2. The number of hydrogen-bond donors (Lipinski definition) is 1. The van der Waals surface area contributed by atoms with Gasteiger partial charge in [-0.2, -0.15) is 5.26 Å². The molecule has 1 aromatic carbocycles. The Hall–Kier alpha value is -2.48. The molecule has 1 aliphatic carbocycles. The first-order valence-corrected chi connectivity index (χ1v) is 7.11. The van der Waals surface area contributed by atoms with E-state index in [1.54, 1.807) is 18.3 Å². The van der Waals surface area contributed by atoms with E-state index in [0.717, 1.165) is 17.3 Å². The minimum atomic E-state index is 0.235. The zero-order valence-electron chi connectivity index (χ0n) is 11.8. The van der Waals surface area contributed by atoms with Crippen LogP contribution in [0, 0.1) is 17.2 Å². The van der Waals surface area contributed by atoms with Crippen LogP contribution in [0.5, 0.6) is 0 Å². The number of nitrogens with one attached hydrogen (secondary N) is 1. The van der Waals surface area contributed by atoms with Crippen molar-refractivity contribution < 1.29 is 4.79 Å². The Balaban J connectivity index is 1.82. The molecule has 1 aliphatic rings. The van der Waals surface area contributed by atoms with Crippen LogP contribution in [0.2, 0.25) is 0 Å². The van der Waals surface area contributed by atoms with E-state index in [4.69, 9.17) is 5.26 Å². The summed E-state index contributed by atoms with van der Waals surface area (Å²) in [5, 5.41) is 13.1. The molecule has 2 aromatic rings. The number of aromatic nitrogens is 2. The molecule has 1 heterocycles. The van der Waals surface area contributed by atoms with Gasteiger partial charge in [0.1, 0.15) is 5.78 Å². The van der Waals surface area contributed by atoms with E-state index in [2.05, 4.69) is 28.3 Å². The molecule has 1 N–H and O–H groups in total. The Kier molecular flexibility index (Phi) is 3.53. The molecule has 1 aromatic heterocycles. The maximum absolute atomic E-state index is 11.4. The smallest absolute Gasteiger partial charge is 0.223 e. The number of anilines is 1. The molecule has 1 saturated carbocycles. The average molecular weight is 280 g/mol. The molecule has 5 nitrogen and oxygen atoms in total. The van der Waals surface area contributed by atoms with Crippen molar-refractivity contribution in [1.29, 1.82) is 5.26 Å². The number of hydrogen-bond acceptors (Lipinski definition) is 5. The van der Waals surface area contributed by atoms with Gasteiger partial charge in [0, 0.05) is 30.5 Å². The van der Waals surface area contributed by atoms with Crippen LogP contribution in [0.1, 0.15) is 31.7 Å².